The van der Waals surface area contributed by atoms with Gasteiger partial charge in [-0.25, -0.2) is 0 Å². The minimum absolute atomic E-state index is 0.282. The van der Waals surface area contributed by atoms with E-state index >= 15 is 0 Å². The van der Waals surface area contributed by atoms with Crippen molar-refractivity contribution in [2.45, 2.75) is 36.7 Å². The summed E-state index contributed by atoms with van der Waals surface area (Å²) in [6.07, 6.45) is 5.40. The Morgan fingerprint density at radius 2 is 2.35 bits per heavy atom. The highest BCUT2D eigenvalue weighted by atomic mass is 35.5. The number of nitrogens with one attached hydrogen (secondary N) is 1. The normalized spacial score (nSPS) is 23.8. The first kappa shape index (κ1) is 16.0. The highest BCUT2D eigenvalue weighted by molar-refractivity contribution is 7.99. The molecule has 2 rings (SSSR count). The van der Waals surface area contributed by atoms with Crippen molar-refractivity contribution in [2.75, 3.05) is 19.4 Å². The summed E-state index contributed by atoms with van der Waals surface area (Å²) in [6, 6.07) is 7.75. The number of aliphatic hydroxyl groups excluding tert-OH is 1. The molecule has 0 radical (unpaired) electrons. The molecule has 0 heterocycles. The van der Waals surface area contributed by atoms with Gasteiger partial charge in [-0.15, -0.1) is 0 Å². The molecule has 2 N–H and O–H groups in total. The smallest absolute Gasteiger partial charge is 0.120 e. The van der Waals surface area contributed by atoms with Gasteiger partial charge in [-0.2, -0.15) is 11.8 Å². The fraction of sp³-hybridized carbons (Fsp3) is 0.600. The average molecular weight is 316 g/mol. The number of ether oxygens (including phenoxy) is 1. The molecule has 1 aromatic carbocycles. The van der Waals surface area contributed by atoms with Gasteiger partial charge >= 0.3 is 0 Å². The lowest BCUT2D eigenvalue weighted by Gasteiger charge is -2.21. The maximum atomic E-state index is 9.97. The molecule has 0 spiro atoms. The van der Waals surface area contributed by atoms with Crippen LogP contribution in [0.3, 0.4) is 0 Å². The predicted molar refractivity (Wildman–Crippen MR) is 85.9 cm³/mol. The van der Waals surface area contributed by atoms with Crippen molar-refractivity contribution in [1.82, 2.24) is 5.32 Å². The molecule has 1 aliphatic carbocycles. The van der Waals surface area contributed by atoms with E-state index in [-0.39, 0.29) is 6.61 Å². The molecule has 0 aliphatic heterocycles. The largest absolute Gasteiger partial charge is 0.491 e. The van der Waals surface area contributed by atoms with E-state index in [0.717, 1.165) is 0 Å². The monoisotopic (exact) mass is 315 g/mol. The van der Waals surface area contributed by atoms with E-state index in [1.165, 1.54) is 19.3 Å². The standard InChI is InChI=1S/C15H22ClNO2S/c1-20-15-7-3-6-14(15)17-9-12(18)10-19-13-5-2-4-11(16)8-13/h2,4-5,8,12,14-15,17-18H,3,6-7,9-10H2,1H3. The first-order valence-corrected chi connectivity index (χ1v) is 8.68. The Balaban J connectivity index is 1.69. The Bertz CT molecular complexity index is 419. The van der Waals surface area contributed by atoms with E-state index in [4.69, 9.17) is 16.3 Å². The van der Waals surface area contributed by atoms with Crippen molar-refractivity contribution < 1.29 is 9.84 Å². The third-order valence-electron chi connectivity index (χ3n) is 3.61. The summed E-state index contributed by atoms with van der Waals surface area (Å²) in [5.74, 6) is 0.694. The Morgan fingerprint density at radius 3 is 3.10 bits per heavy atom. The molecule has 1 aromatic rings. The minimum atomic E-state index is -0.503. The van der Waals surface area contributed by atoms with Crippen LogP contribution in [0.15, 0.2) is 24.3 Å². The first-order chi connectivity index (χ1) is 9.69. The molecular formula is C15H22ClNO2S. The Kier molecular flexibility index (Phi) is 6.49. The number of aliphatic hydroxyl groups is 1. The molecule has 1 aliphatic rings. The zero-order valence-electron chi connectivity index (χ0n) is 11.7. The number of hydrogen-bond acceptors (Lipinski definition) is 4. The number of halogens is 1. The lowest BCUT2D eigenvalue weighted by atomic mass is 10.2. The SMILES string of the molecule is CSC1CCCC1NCC(O)COc1cccc(Cl)c1. The summed E-state index contributed by atoms with van der Waals surface area (Å²) < 4.78 is 5.54. The van der Waals surface area contributed by atoms with Crippen LogP contribution in [-0.2, 0) is 0 Å². The molecule has 3 atom stereocenters. The van der Waals surface area contributed by atoms with Crippen LogP contribution < -0.4 is 10.1 Å². The predicted octanol–water partition coefficient (Wildman–Crippen LogP) is 2.95. The molecule has 112 valence electrons. The number of benzene rings is 1. The lowest BCUT2D eigenvalue weighted by Crippen LogP contribution is -2.40. The van der Waals surface area contributed by atoms with Crippen LogP contribution in [0.5, 0.6) is 5.75 Å². The van der Waals surface area contributed by atoms with Gasteiger partial charge in [0.1, 0.15) is 18.5 Å². The van der Waals surface area contributed by atoms with Crippen molar-refractivity contribution in [3.05, 3.63) is 29.3 Å². The first-order valence-electron chi connectivity index (χ1n) is 7.01. The van der Waals surface area contributed by atoms with E-state index in [2.05, 4.69) is 11.6 Å². The second-order valence-electron chi connectivity index (χ2n) is 5.14. The van der Waals surface area contributed by atoms with Gasteiger partial charge in [0, 0.05) is 22.9 Å². The van der Waals surface area contributed by atoms with E-state index in [0.29, 0.717) is 28.6 Å². The molecule has 3 nitrogen and oxygen atoms in total. The molecule has 5 heteroatoms. The van der Waals surface area contributed by atoms with E-state index < -0.39 is 6.10 Å². The van der Waals surface area contributed by atoms with Crippen LogP contribution in [0.4, 0.5) is 0 Å². The van der Waals surface area contributed by atoms with Crippen LogP contribution >= 0.6 is 23.4 Å². The summed E-state index contributed by atoms with van der Waals surface area (Å²) >= 11 is 7.80. The van der Waals surface area contributed by atoms with Crippen molar-refractivity contribution in [3.8, 4) is 5.75 Å². The molecule has 1 fully saturated rings. The van der Waals surface area contributed by atoms with Crippen LogP contribution in [0.25, 0.3) is 0 Å². The van der Waals surface area contributed by atoms with Gasteiger partial charge in [-0.05, 0) is 37.3 Å². The summed E-state index contributed by atoms with van der Waals surface area (Å²) in [5.41, 5.74) is 0. The minimum Gasteiger partial charge on any atom is -0.491 e. The molecule has 1 saturated carbocycles. The maximum absolute atomic E-state index is 9.97. The van der Waals surface area contributed by atoms with E-state index in [1.807, 2.05) is 23.9 Å². The third kappa shape index (κ3) is 4.85. The van der Waals surface area contributed by atoms with Crippen LogP contribution in [0, 0.1) is 0 Å². The molecule has 20 heavy (non-hydrogen) atoms. The van der Waals surface area contributed by atoms with Crippen LogP contribution in [0.1, 0.15) is 19.3 Å². The quantitative estimate of drug-likeness (QED) is 0.812. The fourth-order valence-corrected chi connectivity index (χ4v) is 3.68. The summed E-state index contributed by atoms with van der Waals surface area (Å²) in [4.78, 5) is 0. The lowest BCUT2D eigenvalue weighted by molar-refractivity contribution is 0.104. The highest BCUT2D eigenvalue weighted by Gasteiger charge is 2.26. The summed E-state index contributed by atoms with van der Waals surface area (Å²) in [5, 5.41) is 14.7. The average Bonchev–Trinajstić information content (AvgIpc) is 2.90. The van der Waals surface area contributed by atoms with Gasteiger partial charge in [0.15, 0.2) is 0 Å². The third-order valence-corrected chi connectivity index (χ3v) is 5.01. The van der Waals surface area contributed by atoms with Gasteiger partial charge < -0.3 is 15.2 Å². The molecule has 0 bridgehead atoms. The van der Waals surface area contributed by atoms with Crippen molar-refractivity contribution >= 4 is 23.4 Å². The Hall–Kier alpha value is -0.420. The number of hydrogen-bond donors (Lipinski definition) is 2. The van der Waals surface area contributed by atoms with Crippen LogP contribution in [0.2, 0.25) is 5.02 Å². The highest BCUT2D eigenvalue weighted by Crippen LogP contribution is 2.28. The topological polar surface area (TPSA) is 41.5 Å². The van der Waals surface area contributed by atoms with E-state index in [9.17, 15) is 5.11 Å². The molecule has 0 saturated heterocycles. The number of thioether (sulfide) groups is 1. The molecule has 0 aromatic heterocycles. The van der Waals surface area contributed by atoms with Gasteiger partial charge in [-0.1, -0.05) is 24.1 Å². The van der Waals surface area contributed by atoms with Gasteiger partial charge in [0.25, 0.3) is 0 Å². The zero-order chi connectivity index (χ0) is 14.4. The molecule has 3 unspecified atom stereocenters. The second-order valence-corrected chi connectivity index (χ2v) is 6.66. The van der Waals surface area contributed by atoms with E-state index in [1.54, 1.807) is 12.1 Å². The van der Waals surface area contributed by atoms with Crippen molar-refractivity contribution in [3.63, 3.8) is 0 Å². The van der Waals surface area contributed by atoms with Crippen molar-refractivity contribution in [1.29, 1.82) is 0 Å². The second kappa shape index (κ2) is 8.13. The number of rotatable bonds is 7. The zero-order valence-corrected chi connectivity index (χ0v) is 13.3. The van der Waals surface area contributed by atoms with Gasteiger partial charge in [0.2, 0.25) is 0 Å². The van der Waals surface area contributed by atoms with Gasteiger partial charge in [0.05, 0.1) is 0 Å². The summed E-state index contributed by atoms with van der Waals surface area (Å²) in [7, 11) is 0. The summed E-state index contributed by atoms with van der Waals surface area (Å²) in [6.45, 7) is 0.853. The maximum Gasteiger partial charge on any atom is 0.120 e. The Morgan fingerprint density at radius 1 is 1.50 bits per heavy atom. The Labute approximate surface area is 130 Å². The van der Waals surface area contributed by atoms with Gasteiger partial charge in [-0.3, -0.25) is 0 Å². The van der Waals surface area contributed by atoms with Crippen LogP contribution in [-0.4, -0.2) is 41.9 Å². The fourth-order valence-electron chi connectivity index (χ4n) is 2.54. The van der Waals surface area contributed by atoms with Crippen molar-refractivity contribution in [2.24, 2.45) is 0 Å². The molecule has 0 amide bonds. The molecular weight excluding hydrogens is 294 g/mol.